The van der Waals surface area contributed by atoms with Gasteiger partial charge in [-0.25, -0.2) is 0 Å². The molecule has 2 rings (SSSR count). The molecule has 108 valence electrons. The second-order valence-corrected chi connectivity index (χ2v) is 4.15. The maximum atomic E-state index is 5.26. The van der Waals surface area contributed by atoms with Gasteiger partial charge in [-0.1, -0.05) is 24.3 Å². The van der Waals surface area contributed by atoms with Crippen molar-refractivity contribution in [3.63, 3.8) is 0 Å². The molecule has 0 aliphatic rings. The highest BCUT2D eigenvalue weighted by Gasteiger charge is 1.98. The number of nitrogens with one attached hydrogen (secondary N) is 1. The number of nitrogens with zero attached hydrogens (tertiary/aromatic N) is 1. The predicted octanol–water partition coefficient (Wildman–Crippen LogP) is 4.03. The number of benzene rings is 2. The number of para-hydroxylation sites is 4. The van der Waals surface area contributed by atoms with E-state index in [1.165, 1.54) is 0 Å². The fourth-order valence-corrected chi connectivity index (χ4v) is 1.80. The van der Waals surface area contributed by atoms with Crippen LogP contribution in [-0.2, 0) is 0 Å². The van der Waals surface area contributed by atoms with E-state index < -0.39 is 0 Å². The van der Waals surface area contributed by atoms with Gasteiger partial charge in [0.2, 0.25) is 0 Å². The second kappa shape index (κ2) is 7.75. The normalized spacial score (nSPS) is 11.0. The van der Waals surface area contributed by atoms with Gasteiger partial charge < -0.3 is 14.8 Å². The summed E-state index contributed by atoms with van der Waals surface area (Å²) in [6.07, 6.45) is 5.33. The average Bonchev–Trinajstić information content (AvgIpc) is 2.55. The molecule has 21 heavy (non-hydrogen) atoms. The van der Waals surface area contributed by atoms with E-state index in [1.807, 2.05) is 54.6 Å². The minimum absolute atomic E-state index is 0.750. The molecule has 0 aliphatic carbocycles. The van der Waals surface area contributed by atoms with E-state index in [0.29, 0.717) is 0 Å². The highest BCUT2D eigenvalue weighted by Crippen LogP contribution is 2.25. The molecule has 2 aromatic rings. The van der Waals surface area contributed by atoms with Crippen LogP contribution < -0.4 is 14.8 Å². The maximum Gasteiger partial charge on any atom is 0.144 e. The molecule has 0 radical (unpaired) electrons. The zero-order valence-corrected chi connectivity index (χ0v) is 12.1. The van der Waals surface area contributed by atoms with Gasteiger partial charge in [-0.3, -0.25) is 4.99 Å². The quantitative estimate of drug-likeness (QED) is 0.813. The smallest absolute Gasteiger partial charge is 0.144 e. The molecule has 4 heteroatoms. The molecule has 2 aromatic carbocycles. The first kappa shape index (κ1) is 14.7. The molecule has 0 amide bonds. The summed E-state index contributed by atoms with van der Waals surface area (Å²) >= 11 is 0. The van der Waals surface area contributed by atoms with E-state index in [0.717, 1.165) is 22.9 Å². The molecule has 0 heterocycles. The Kier molecular flexibility index (Phi) is 5.41. The predicted molar refractivity (Wildman–Crippen MR) is 86.9 cm³/mol. The number of rotatable bonds is 6. The van der Waals surface area contributed by atoms with Gasteiger partial charge in [-0.15, -0.1) is 0 Å². The molecule has 0 aromatic heterocycles. The summed E-state index contributed by atoms with van der Waals surface area (Å²) in [5.74, 6) is 1.55. The lowest BCUT2D eigenvalue weighted by molar-refractivity contribution is 0.416. The van der Waals surface area contributed by atoms with Crippen LogP contribution in [0.1, 0.15) is 0 Å². The molecule has 1 N–H and O–H groups in total. The Morgan fingerprint density at radius 3 is 2.33 bits per heavy atom. The fraction of sp³-hybridized carbons (Fsp3) is 0.118. The Morgan fingerprint density at radius 2 is 1.57 bits per heavy atom. The number of hydrogen-bond acceptors (Lipinski definition) is 4. The van der Waals surface area contributed by atoms with Gasteiger partial charge in [0.15, 0.2) is 0 Å². The number of allylic oxidation sites excluding steroid dienone is 1. The molecule has 0 aliphatic heterocycles. The first-order valence-electron chi connectivity index (χ1n) is 6.57. The lowest BCUT2D eigenvalue weighted by atomic mass is 10.3. The molecular weight excluding hydrogens is 264 g/mol. The summed E-state index contributed by atoms with van der Waals surface area (Å²) in [7, 11) is 3.28. The number of hydrogen-bond donors (Lipinski definition) is 1. The van der Waals surface area contributed by atoms with Gasteiger partial charge in [-0.2, -0.15) is 0 Å². The third-order valence-corrected chi connectivity index (χ3v) is 2.83. The zero-order chi connectivity index (χ0) is 14.9. The minimum atomic E-state index is 0.750. The first-order valence-corrected chi connectivity index (χ1v) is 6.57. The molecule has 0 saturated heterocycles. The number of ether oxygens (including phenoxy) is 2. The minimum Gasteiger partial charge on any atom is -0.495 e. The van der Waals surface area contributed by atoms with Crippen molar-refractivity contribution < 1.29 is 9.47 Å². The molecule has 0 unspecified atom stereocenters. The zero-order valence-electron chi connectivity index (χ0n) is 12.1. The first-order chi connectivity index (χ1) is 10.3. The van der Waals surface area contributed by atoms with Gasteiger partial charge in [0.25, 0.3) is 0 Å². The van der Waals surface area contributed by atoms with Crippen molar-refractivity contribution in [2.75, 3.05) is 19.5 Å². The molecule has 0 atom stereocenters. The van der Waals surface area contributed by atoms with Crippen molar-refractivity contribution >= 4 is 17.6 Å². The molecule has 0 saturated carbocycles. The number of anilines is 1. The number of methoxy groups -OCH3 is 2. The van der Waals surface area contributed by atoms with E-state index >= 15 is 0 Å². The highest BCUT2D eigenvalue weighted by molar-refractivity contribution is 5.76. The van der Waals surface area contributed by atoms with E-state index in [9.17, 15) is 0 Å². The van der Waals surface area contributed by atoms with Gasteiger partial charge in [0.1, 0.15) is 17.2 Å². The van der Waals surface area contributed by atoms with Crippen molar-refractivity contribution in [2.45, 2.75) is 0 Å². The summed E-state index contributed by atoms with van der Waals surface area (Å²) in [4.78, 5) is 4.34. The van der Waals surface area contributed by atoms with Crippen LogP contribution in [-0.4, -0.2) is 20.4 Å². The van der Waals surface area contributed by atoms with Crippen LogP contribution >= 0.6 is 0 Å². The fourth-order valence-electron chi connectivity index (χ4n) is 1.80. The molecular formula is C17H18N2O2. The van der Waals surface area contributed by atoms with E-state index in [-0.39, 0.29) is 0 Å². The van der Waals surface area contributed by atoms with Crippen molar-refractivity contribution in [3.8, 4) is 11.5 Å². The van der Waals surface area contributed by atoms with Gasteiger partial charge in [-0.05, 0) is 30.3 Å². The Balaban J connectivity index is 1.98. The maximum absolute atomic E-state index is 5.26. The Hall–Kier alpha value is -2.75. The van der Waals surface area contributed by atoms with Crippen LogP contribution in [0.15, 0.2) is 65.8 Å². The van der Waals surface area contributed by atoms with Crippen molar-refractivity contribution in [1.82, 2.24) is 0 Å². The van der Waals surface area contributed by atoms with Gasteiger partial charge in [0.05, 0.1) is 19.9 Å². The van der Waals surface area contributed by atoms with Crippen LogP contribution in [0.25, 0.3) is 0 Å². The average molecular weight is 282 g/mol. The highest BCUT2D eigenvalue weighted by atomic mass is 16.5. The van der Waals surface area contributed by atoms with Crippen LogP contribution in [0.4, 0.5) is 11.4 Å². The van der Waals surface area contributed by atoms with Gasteiger partial charge in [0, 0.05) is 12.4 Å². The Morgan fingerprint density at radius 1 is 0.905 bits per heavy atom. The Labute approximate surface area is 124 Å². The Bertz CT molecular complexity index is 636. The summed E-state index contributed by atoms with van der Waals surface area (Å²) in [6, 6.07) is 15.3. The summed E-state index contributed by atoms with van der Waals surface area (Å²) in [6.45, 7) is 0. The third kappa shape index (κ3) is 4.11. The van der Waals surface area contributed by atoms with Gasteiger partial charge >= 0.3 is 0 Å². The van der Waals surface area contributed by atoms with Crippen LogP contribution in [0, 0.1) is 0 Å². The lowest BCUT2D eigenvalue weighted by Crippen LogP contribution is -1.92. The second-order valence-electron chi connectivity index (χ2n) is 4.15. The van der Waals surface area contributed by atoms with Crippen LogP contribution in [0.2, 0.25) is 0 Å². The van der Waals surface area contributed by atoms with Crippen molar-refractivity contribution in [3.05, 3.63) is 60.8 Å². The van der Waals surface area contributed by atoms with E-state index in [1.54, 1.807) is 26.6 Å². The number of aliphatic imine (C=N–C) groups is 1. The lowest BCUT2D eigenvalue weighted by Gasteiger charge is -2.06. The standard InChI is InChI=1S/C17H18N2O2/c1-20-16-10-5-3-8-14(16)18-12-7-13-19-15-9-4-6-11-17(15)21-2/h3-13,18H,1-2H3/b12-7+,19-13?. The van der Waals surface area contributed by atoms with Crippen molar-refractivity contribution in [2.24, 2.45) is 4.99 Å². The summed E-state index contributed by atoms with van der Waals surface area (Å²) < 4.78 is 10.5. The topological polar surface area (TPSA) is 42.8 Å². The largest absolute Gasteiger partial charge is 0.495 e. The molecule has 0 spiro atoms. The van der Waals surface area contributed by atoms with Crippen molar-refractivity contribution in [1.29, 1.82) is 0 Å². The molecule has 4 nitrogen and oxygen atoms in total. The monoisotopic (exact) mass is 282 g/mol. The SMILES string of the molecule is COc1ccccc1N=C/C=C/Nc1ccccc1OC. The van der Waals surface area contributed by atoms with Crippen LogP contribution in [0.5, 0.6) is 11.5 Å². The summed E-state index contributed by atoms with van der Waals surface area (Å²) in [5, 5.41) is 3.15. The van der Waals surface area contributed by atoms with E-state index in [2.05, 4.69) is 10.3 Å². The molecule has 0 fully saturated rings. The summed E-state index contributed by atoms with van der Waals surface area (Å²) in [5.41, 5.74) is 1.70. The third-order valence-electron chi connectivity index (χ3n) is 2.83. The van der Waals surface area contributed by atoms with E-state index in [4.69, 9.17) is 9.47 Å². The molecule has 0 bridgehead atoms. The van der Waals surface area contributed by atoms with Crippen LogP contribution in [0.3, 0.4) is 0 Å².